The molecule has 172 valence electrons. The number of nitrogens with zero attached hydrogens (tertiary/aromatic N) is 1. The quantitative estimate of drug-likeness (QED) is 0.261. The van der Waals surface area contributed by atoms with Gasteiger partial charge in [0.2, 0.25) is 0 Å². The fourth-order valence-corrected chi connectivity index (χ4v) is 3.86. The van der Waals surface area contributed by atoms with Crippen molar-refractivity contribution < 1.29 is 9.59 Å². The average molecular weight is 481 g/mol. The van der Waals surface area contributed by atoms with E-state index in [4.69, 9.17) is 11.6 Å². The van der Waals surface area contributed by atoms with Gasteiger partial charge < -0.3 is 15.6 Å². The molecule has 0 saturated heterocycles. The van der Waals surface area contributed by atoms with E-state index in [0.717, 1.165) is 22.2 Å². The molecule has 0 atom stereocenters. The van der Waals surface area contributed by atoms with Gasteiger partial charge >= 0.3 is 0 Å². The first-order valence-corrected chi connectivity index (χ1v) is 11.4. The van der Waals surface area contributed by atoms with Crippen LogP contribution in [-0.4, -0.2) is 21.8 Å². The first-order valence-electron chi connectivity index (χ1n) is 11.0. The van der Waals surface area contributed by atoms with Crippen LogP contribution in [0.5, 0.6) is 0 Å². The second-order valence-corrected chi connectivity index (χ2v) is 8.62. The van der Waals surface area contributed by atoms with Crippen molar-refractivity contribution in [2.45, 2.75) is 6.92 Å². The van der Waals surface area contributed by atoms with Gasteiger partial charge in [0.05, 0.1) is 11.0 Å². The van der Waals surface area contributed by atoms with Gasteiger partial charge in [0, 0.05) is 33.1 Å². The summed E-state index contributed by atoms with van der Waals surface area (Å²) < 4.78 is 0. The number of amides is 2. The Balaban J connectivity index is 1.30. The van der Waals surface area contributed by atoms with E-state index >= 15 is 0 Å². The molecule has 6 nitrogen and oxygen atoms in total. The summed E-state index contributed by atoms with van der Waals surface area (Å²) >= 11 is 5.89. The highest BCUT2D eigenvalue weighted by Crippen LogP contribution is 2.25. The van der Waals surface area contributed by atoms with Crippen LogP contribution in [0.15, 0.2) is 91.0 Å². The van der Waals surface area contributed by atoms with Crippen LogP contribution in [-0.2, 0) is 0 Å². The zero-order valence-corrected chi connectivity index (χ0v) is 19.6. The Morgan fingerprint density at radius 2 is 1.46 bits per heavy atom. The molecule has 1 aromatic heterocycles. The van der Waals surface area contributed by atoms with Gasteiger partial charge in [-0.15, -0.1) is 0 Å². The molecule has 7 heteroatoms. The number of benzene rings is 4. The van der Waals surface area contributed by atoms with Crippen molar-refractivity contribution >= 4 is 45.8 Å². The Hall–Kier alpha value is -4.42. The van der Waals surface area contributed by atoms with Gasteiger partial charge in [-0.2, -0.15) is 0 Å². The fraction of sp³-hybridized carbons (Fsp3) is 0.0357. The molecular weight excluding hydrogens is 460 g/mol. The second-order valence-electron chi connectivity index (χ2n) is 8.18. The molecule has 0 spiro atoms. The van der Waals surface area contributed by atoms with Gasteiger partial charge in [0.15, 0.2) is 0 Å². The Kier molecular flexibility index (Phi) is 6.04. The van der Waals surface area contributed by atoms with Crippen LogP contribution in [0.3, 0.4) is 0 Å². The Bertz CT molecular complexity index is 1540. The summed E-state index contributed by atoms with van der Waals surface area (Å²) in [4.78, 5) is 32.9. The van der Waals surface area contributed by atoms with Crippen LogP contribution in [0.2, 0.25) is 5.02 Å². The summed E-state index contributed by atoms with van der Waals surface area (Å²) in [5.41, 5.74) is 5.98. The standard InChI is InChI=1S/C28H21ClN4O2/c1-17-3-2-4-20(15-17)28(35)30-22-11-7-18(8-12-22)26-32-24-14-13-23(16-25(24)33-26)31-27(34)19-5-9-21(29)10-6-19/h2-16H,1H3,(H,30,35)(H,31,34)(H,32,33). The molecule has 0 aliphatic carbocycles. The zero-order valence-electron chi connectivity index (χ0n) is 18.8. The first-order chi connectivity index (χ1) is 16.9. The van der Waals surface area contributed by atoms with E-state index < -0.39 is 0 Å². The molecule has 0 fully saturated rings. The molecule has 0 aliphatic heterocycles. The predicted octanol–water partition coefficient (Wildman–Crippen LogP) is 6.70. The normalized spacial score (nSPS) is 10.8. The highest BCUT2D eigenvalue weighted by atomic mass is 35.5. The Morgan fingerprint density at radius 3 is 2.20 bits per heavy atom. The molecule has 0 radical (unpaired) electrons. The summed E-state index contributed by atoms with van der Waals surface area (Å²) in [6, 6.07) is 27.2. The lowest BCUT2D eigenvalue weighted by molar-refractivity contribution is 0.101. The van der Waals surface area contributed by atoms with E-state index in [9.17, 15) is 9.59 Å². The van der Waals surface area contributed by atoms with Crippen molar-refractivity contribution in [2.75, 3.05) is 10.6 Å². The number of rotatable bonds is 5. The number of H-pyrrole nitrogens is 1. The number of fused-ring (bicyclic) bond motifs is 1. The number of halogens is 1. The number of aromatic nitrogens is 2. The van der Waals surface area contributed by atoms with Gasteiger partial charge in [-0.3, -0.25) is 9.59 Å². The molecule has 0 unspecified atom stereocenters. The van der Waals surface area contributed by atoms with E-state index in [1.54, 1.807) is 30.3 Å². The molecule has 0 saturated carbocycles. The Morgan fingerprint density at radius 1 is 0.771 bits per heavy atom. The van der Waals surface area contributed by atoms with E-state index in [-0.39, 0.29) is 11.8 Å². The minimum atomic E-state index is -0.218. The lowest BCUT2D eigenvalue weighted by Crippen LogP contribution is -2.11. The van der Waals surface area contributed by atoms with E-state index in [1.807, 2.05) is 67.6 Å². The maximum Gasteiger partial charge on any atom is 0.255 e. The summed E-state index contributed by atoms with van der Waals surface area (Å²) in [6.07, 6.45) is 0. The average Bonchev–Trinajstić information content (AvgIpc) is 3.28. The number of carbonyl (C=O) groups excluding carboxylic acids is 2. The van der Waals surface area contributed by atoms with Crippen LogP contribution >= 0.6 is 11.6 Å². The second kappa shape index (κ2) is 9.44. The van der Waals surface area contributed by atoms with Crippen molar-refractivity contribution in [3.05, 3.63) is 113 Å². The molecule has 5 aromatic rings. The summed E-state index contributed by atoms with van der Waals surface area (Å²) in [6.45, 7) is 1.95. The molecule has 5 rings (SSSR count). The third-order valence-corrected chi connectivity index (χ3v) is 5.79. The van der Waals surface area contributed by atoms with Gasteiger partial charge in [0.25, 0.3) is 11.8 Å². The van der Waals surface area contributed by atoms with Crippen LogP contribution < -0.4 is 10.6 Å². The lowest BCUT2D eigenvalue weighted by atomic mass is 10.1. The maximum absolute atomic E-state index is 12.5. The topological polar surface area (TPSA) is 86.9 Å². The van der Waals surface area contributed by atoms with Crippen molar-refractivity contribution in [1.29, 1.82) is 0 Å². The third-order valence-electron chi connectivity index (χ3n) is 5.54. The molecule has 3 N–H and O–H groups in total. The first kappa shape index (κ1) is 22.4. The van der Waals surface area contributed by atoms with Gasteiger partial charge in [0.1, 0.15) is 5.82 Å². The van der Waals surface area contributed by atoms with Gasteiger partial charge in [-0.1, -0.05) is 29.3 Å². The molecule has 1 heterocycles. The maximum atomic E-state index is 12.5. The Labute approximate surface area is 207 Å². The number of hydrogen-bond donors (Lipinski definition) is 3. The minimum Gasteiger partial charge on any atom is -0.338 e. The zero-order chi connectivity index (χ0) is 24.4. The van der Waals surface area contributed by atoms with Crippen molar-refractivity contribution in [2.24, 2.45) is 0 Å². The van der Waals surface area contributed by atoms with Crippen LogP contribution in [0.25, 0.3) is 22.4 Å². The van der Waals surface area contributed by atoms with Crippen molar-refractivity contribution in [3.8, 4) is 11.4 Å². The number of carbonyl (C=O) groups is 2. The van der Waals surface area contributed by atoms with Crippen molar-refractivity contribution in [3.63, 3.8) is 0 Å². The monoisotopic (exact) mass is 480 g/mol. The number of aryl methyl sites for hydroxylation is 1. The smallest absolute Gasteiger partial charge is 0.255 e. The van der Waals surface area contributed by atoms with E-state index in [2.05, 4.69) is 20.6 Å². The number of hydrogen-bond acceptors (Lipinski definition) is 3. The van der Waals surface area contributed by atoms with Crippen LogP contribution in [0.4, 0.5) is 11.4 Å². The number of nitrogens with one attached hydrogen (secondary N) is 3. The predicted molar refractivity (Wildman–Crippen MR) is 140 cm³/mol. The molecule has 35 heavy (non-hydrogen) atoms. The van der Waals surface area contributed by atoms with Gasteiger partial charge in [-0.25, -0.2) is 4.98 Å². The molecule has 0 aliphatic rings. The van der Waals surface area contributed by atoms with E-state index in [0.29, 0.717) is 33.3 Å². The highest BCUT2D eigenvalue weighted by molar-refractivity contribution is 6.30. The molecule has 4 aromatic carbocycles. The number of anilines is 2. The third kappa shape index (κ3) is 5.08. The molecule has 0 bridgehead atoms. The number of aromatic amines is 1. The highest BCUT2D eigenvalue weighted by Gasteiger charge is 2.10. The number of imidazole rings is 1. The lowest BCUT2D eigenvalue weighted by Gasteiger charge is -2.06. The van der Waals surface area contributed by atoms with Crippen molar-refractivity contribution in [1.82, 2.24) is 9.97 Å². The largest absolute Gasteiger partial charge is 0.338 e. The minimum absolute atomic E-state index is 0.154. The fourth-order valence-electron chi connectivity index (χ4n) is 3.73. The van der Waals surface area contributed by atoms with Gasteiger partial charge in [-0.05, 0) is 85.8 Å². The van der Waals surface area contributed by atoms with Crippen LogP contribution in [0, 0.1) is 6.92 Å². The van der Waals surface area contributed by atoms with Crippen LogP contribution in [0.1, 0.15) is 26.3 Å². The summed E-state index contributed by atoms with van der Waals surface area (Å²) in [5.74, 6) is 0.320. The summed E-state index contributed by atoms with van der Waals surface area (Å²) in [7, 11) is 0. The molecular formula is C28H21ClN4O2. The molecule has 2 amide bonds. The summed E-state index contributed by atoms with van der Waals surface area (Å²) in [5, 5.41) is 6.39. The SMILES string of the molecule is Cc1cccc(C(=O)Nc2ccc(-c3nc4ccc(NC(=O)c5ccc(Cl)cc5)cc4[nH]3)cc2)c1. The van der Waals surface area contributed by atoms with E-state index in [1.165, 1.54) is 0 Å².